The first-order valence-corrected chi connectivity index (χ1v) is 8.83. The first-order chi connectivity index (χ1) is 12.0. The Morgan fingerprint density at radius 3 is 2.64 bits per heavy atom. The van der Waals surface area contributed by atoms with Gasteiger partial charge in [0.1, 0.15) is 5.65 Å². The average molecular weight is 344 g/mol. The summed E-state index contributed by atoms with van der Waals surface area (Å²) in [5.41, 5.74) is -0.0385. The Balaban J connectivity index is 1.74. The molecule has 25 heavy (non-hydrogen) atoms. The summed E-state index contributed by atoms with van der Waals surface area (Å²) >= 11 is 0. The van der Waals surface area contributed by atoms with Crippen molar-refractivity contribution < 1.29 is 4.79 Å². The standard InChI is InChI=1S/C18H24N4O3/c1-21-16-14(17(24)22(2)18(21)25)10-13(11-19-16)20-15(23)9-8-12-6-4-3-5-7-12/h10-12H,3-9H2,1-2H3,(H,20,23). The highest BCUT2D eigenvalue weighted by molar-refractivity contribution is 5.92. The summed E-state index contributed by atoms with van der Waals surface area (Å²) in [6.45, 7) is 0. The van der Waals surface area contributed by atoms with Crippen molar-refractivity contribution in [2.24, 2.45) is 20.0 Å². The minimum Gasteiger partial charge on any atom is -0.325 e. The van der Waals surface area contributed by atoms with Gasteiger partial charge in [-0.1, -0.05) is 32.1 Å². The quantitative estimate of drug-likeness (QED) is 0.918. The van der Waals surface area contributed by atoms with Crippen LogP contribution in [0.4, 0.5) is 5.69 Å². The summed E-state index contributed by atoms with van der Waals surface area (Å²) in [4.78, 5) is 40.6. The number of rotatable bonds is 4. The van der Waals surface area contributed by atoms with Crippen molar-refractivity contribution in [3.05, 3.63) is 33.1 Å². The second kappa shape index (κ2) is 7.21. The normalized spacial score (nSPS) is 15.4. The highest BCUT2D eigenvalue weighted by Gasteiger charge is 2.15. The molecular weight excluding hydrogens is 320 g/mol. The number of amides is 1. The molecule has 0 spiro atoms. The molecule has 1 aliphatic carbocycles. The van der Waals surface area contributed by atoms with Crippen LogP contribution in [0.25, 0.3) is 11.0 Å². The first-order valence-electron chi connectivity index (χ1n) is 8.83. The van der Waals surface area contributed by atoms with E-state index in [4.69, 9.17) is 0 Å². The molecule has 0 atom stereocenters. The fraction of sp³-hybridized carbons (Fsp3) is 0.556. The monoisotopic (exact) mass is 344 g/mol. The van der Waals surface area contributed by atoms with Crippen LogP contribution in [0.3, 0.4) is 0 Å². The largest absolute Gasteiger partial charge is 0.332 e. The van der Waals surface area contributed by atoms with Gasteiger partial charge < -0.3 is 5.32 Å². The summed E-state index contributed by atoms with van der Waals surface area (Å²) in [7, 11) is 3.00. The number of nitrogens with one attached hydrogen (secondary N) is 1. The van der Waals surface area contributed by atoms with Crippen LogP contribution >= 0.6 is 0 Å². The van der Waals surface area contributed by atoms with E-state index in [1.807, 2.05) is 0 Å². The van der Waals surface area contributed by atoms with Crippen LogP contribution < -0.4 is 16.6 Å². The number of pyridine rings is 1. The molecule has 7 nitrogen and oxygen atoms in total. The van der Waals surface area contributed by atoms with Crippen LogP contribution in [-0.4, -0.2) is 20.0 Å². The van der Waals surface area contributed by atoms with Crippen LogP contribution in [0.5, 0.6) is 0 Å². The summed E-state index contributed by atoms with van der Waals surface area (Å²) in [5.74, 6) is 0.587. The zero-order valence-corrected chi connectivity index (χ0v) is 14.7. The molecule has 1 saturated carbocycles. The molecule has 2 aromatic rings. The zero-order valence-electron chi connectivity index (χ0n) is 14.7. The summed E-state index contributed by atoms with van der Waals surface area (Å²) in [6.07, 6.45) is 9.15. The van der Waals surface area contributed by atoms with Gasteiger partial charge in [-0.2, -0.15) is 0 Å². The summed E-state index contributed by atoms with van der Waals surface area (Å²) in [5, 5.41) is 3.13. The smallest absolute Gasteiger partial charge is 0.325 e. The molecule has 1 N–H and O–H groups in total. The van der Waals surface area contributed by atoms with E-state index >= 15 is 0 Å². The number of aromatic nitrogens is 3. The van der Waals surface area contributed by atoms with Gasteiger partial charge in [0, 0.05) is 20.5 Å². The fourth-order valence-electron chi connectivity index (χ4n) is 3.57. The Bertz CT molecular complexity index is 907. The second-order valence-corrected chi connectivity index (χ2v) is 6.89. The van der Waals surface area contributed by atoms with Gasteiger partial charge in [-0.3, -0.25) is 18.7 Å². The van der Waals surface area contributed by atoms with E-state index in [-0.39, 0.29) is 5.91 Å². The minimum atomic E-state index is -0.422. The van der Waals surface area contributed by atoms with Crippen LogP contribution in [0.15, 0.2) is 21.9 Å². The second-order valence-electron chi connectivity index (χ2n) is 6.89. The number of hydrogen-bond donors (Lipinski definition) is 1. The number of hydrogen-bond acceptors (Lipinski definition) is 4. The van der Waals surface area contributed by atoms with E-state index in [9.17, 15) is 14.4 Å². The number of carbonyl (C=O) groups excluding carboxylic acids is 1. The van der Waals surface area contributed by atoms with Crippen molar-refractivity contribution in [2.75, 3.05) is 5.32 Å². The van der Waals surface area contributed by atoms with Crippen molar-refractivity contribution in [3.63, 3.8) is 0 Å². The Hall–Kier alpha value is -2.44. The molecule has 0 unspecified atom stereocenters. The molecule has 2 aromatic heterocycles. The summed E-state index contributed by atoms with van der Waals surface area (Å²) in [6, 6.07) is 1.59. The molecule has 2 heterocycles. The molecule has 1 fully saturated rings. The zero-order chi connectivity index (χ0) is 18.0. The fourth-order valence-corrected chi connectivity index (χ4v) is 3.57. The maximum atomic E-state index is 12.3. The van der Waals surface area contributed by atoms with E-state index in [2.05, 4.69) is 10.3 Å². The SMILES string of the molecule is Cn1c(=O)c2cc(NC(=O)CCC3CCCCC3)cnc2n(C)c1=O. The predicted octanol–water partition coefficient (Wildman–Crippen LogP) is 1.93. The third-order valence-electron chi connectivity index (χ3n) is 5.08. The number of anilines is 1. The lowest BCUT2D eigenvalue weighted by molar-refractivity contribution is -0.116. The van der Waals surface area contributed by atoms with E-state index in [0.717, 1.165) is 11.0 Å². The van der Waals surface area contributed by atoms with E-state index in [0.29, 0.717) is 29.1 Å². The highest BCUT2D eigenvalue weighted by Crippen LogP contribution is 2.27. The number of fused-ring (bicyclic) bond motifs is 1. The van der Waals surface area contributed by atoms with Gasteiger partial charge in [-0.05, 0) is 18.4 Å². The number of nitrogens with zero attached hydrogens (tertiary/aromatic N) is 3. The number of carbonyl (C=O) groups is 1. The molecule has 3 rings (SSSR count). The van der Waals surface area contributed by atoms with Crippen LogP contribution in [-0.2, 0) is 18.9 Å². The van der Waals surface area contributed by atoms with Crippen LogP contribution in [0.2, 0.25) is 0 Å². The van der Waals surface area contributed by atoms with Crippen LogP contribution in [0.1, 0.15) is 44.9 Å². The molecule has 0 saturated heterocycles. The highest BCUT2D eigenvalue weighted by atomic mass is 16.2. The topological polar surface area (TPSA) is 86.0 Å². The summed E-state index contributed by atoms with van der Waals surface area (Å²) < 4.78 is 2.37. The minimum absolute atomic E-state index is 0.0617. The van der Waals surface area contributed by atoms with E-state index in [1.54, 1.807) is 13.1 Å². The van der Waals surface area contributed by atoms with E-state index in [1.165, 1.54) is 49.9 Å². The van der Waals surface area contributed by atoms with Crippen LogP contribution in [0, 0.1) is 5.92 Å². The van der Waals surface area contributed by atoms with Crippen molar-refractivity contribution >= 4 is 22.6 Å². The van der Waals surface area contributed by atoms with Crippen molar-refractivity contribution in [1.82, 2.24) is 14.1 Å². The first kappa shape index (κ1) is 17.4. The Morgan fingerprint density at radius 2 is 1.92 bits per heavy atom. The molecule has 0 bridgehead atoms. The molecule has 0 aromatic carbocycles. The Labute approximate surface area is 145 Å². The number of aryl methyl sites for hydroxylation is 1. The lowest BCUT2D eigenvalue weighted by Gasteiger charge is -2.21. The molecule has 1 aliphatic rings. The maximum absolute atomic E-state index is 12.3. The van der Waals surface area contributed by atoms with Gasteiger partial charge in [0.15, 0.2) is 0 Å². The predicted molar refractivity (Wildman–Crippen MR) is 96.7 cm³/mol. The third-order valence-corrected chi connectivity index (χ3v) is 5.08. The molecule has 0 radical (unpaired) electrons. The van der Waals surface area contributed by atoms with E-state index < -0.39 is 11.2 Å². The molecule has 0 aliphatic heterocycles. The molecule has 1 amide bonds. The van der Waals surface area contributed by atoms with Gasteiger partial charge >= 0.3 is 5.69 Å². The maximum Gasteiger partial charge on any atom is 0.332 e. The Morgan fingerprint density at radius 1 is 1.20 bits per heavy atom. The molecule has 134 valence electrons. The molecular formula is C18H24N4O3. The average Bonchev–Trinajstić information content (AvgIpc) is 2.64. The third kappa shape index (κ3) is 3.65. The van der Waals surface area contributed by atoms with Gasteiger partial charge in [-0.25, -0.2) is 9.78 Å². The van der Waals surface area contributed by atoms with Gasteiger partial charge in [0.05, 0.1) is 17.3 Å². The van der Waals surface area contributed by atoms with Crippen molar-refractivity contribution in [1.29, 1.82) is 0 Å². The van der Waals surface area contributed by atoms with Crippen molar-refractivity contribution in [3.8, 4) is 0 Å². The van der Waals surface area contributed by atoms with Gasteiger partial charge in [0.25, 0.3) is 5.56 Å². The Kier molecular flexibility index (Phi) is 5.01. The molecule has 7 heteroatoms. The lowest BCUT2D eigenvalue weighted by atomic mass is 9.86. The van der Waals surface area contributed by atoms with Gasteiger partial charge in [0.2, 0.25) is 5.91 Å². The lowest BCUT2D eigenvalue weighted by Crippen LogP contribution is -2.37. The van der Waals surface area contributed by atoms with Crippen molar-refractivity contribution in [2.45, 2.75) is 44.9 Å². The van der Waals surface area contributed by atoms with Gasteiger partial charge in [-0.15, -0.1) is 0 Å².